The van der Waals surface area contributed by atoms with Gasteiger partial charge in [-0.3, -0.25) is 9.48 Å². The fraction of sp³-hybridized carbons (Fsp3) is 0.556. The second-order valence-corrected chi connectivity index (χ2v) is 4.27. The van der Waals surface area contributed by atoms with E-state index in [2.05, 4.69) is 39.9 Å². The molecule has 0 saturated carbocycles. The fourth-order valence-corrected chi connectivity index (χ4v) is 1.83. The van der Waals surface area contributed by atoms with E-state index in [9.17, 15) is 4.79 Å². The van der Waals surface area contributed by atoms with E-state index in [-0.39, 0.29) is 5.91 Å². The Balaban J connectivity index is 2.56. The molecule has 1 aromatic heterocycles. The zero-order valence-electron chi connectivity index (χ0n) is 8.38. The SMILES string of the molecule is CCCCNC(=O)c1nn(C)cc1I. The number of nitrogens with zero attached hydrogens (tertiary/aromatic N) is 2. The van der Waals surface area contributed by atoms with Crippen LogP contribution in [-0.2, 0) is 7.05 Å². The maximum absolute atomic E-state index is 11.6. The molecule has 0 aliphatic rings. The second-order valence-electron chi connectivity index (χ2n) is 3.11. The van der Waals surface area contributed by atoms with Crippen molar-refractivity contribution in [2.24, 2.45) is 7.05 Å². The van der Waals surface area contributed by atoms with Gasteiger partial charge in [-0.1, -0.05) is 13.3 Å². The van der Waals surface area contributed by atoms with E-state index >= 15 is 0 Å². The molecule has 0 spiro atoms. The average molecular weight is 307 g/mol. The normalized spacial score (nSPS) is 10.2. The lowest BCUT2D eigenvalue weighted by Crippen LogP contribution is -2.25. The molecule has 1 aromatic rings. The van der Waals surface area contributed by atoms with E-state index in [0.29, 0.717) is 5.69 Å². The molecule has 0 aromatic carbocycles. The van der Waals surface area contributed by atoms with Gasteiger partial charge in [0.1, 0.15) is 0 Å². The first-order chi connectivity index (χ1) is 6.65. The third-order valence-corrected chi connectivity index (χ3v) is 2.60. The van der Waals surface area contributed by atoms with E-state index in [1.54, 1.807) is 4.68 Å². The maximum atomic E-state index is 11.6. The van der Waals surface area contributed by atoms with Crippen LogP contribution in [0, 0.1) is 3.57 Å². The number of aryl methyl sites for hydroxylation is 1. The lowest BCUT2D eigenvalue weighted by Gasteiger charge is -2.01. The lowest BCUT2D eigenvalue weighted by atomic mass is 10.3. The molecule has 1 heterocycles. The van der Waals surface area contributed by atoms with Gasteiger partial charge in [0.25, 0.3) is 5.91 Å². The summed E-state index contributed by atoms with van der Waals surface area (Å²) in [6, 6.07) is 0. The minimum Gasteiger partial charge on any atom is -0.351 e. The molecule has 0 unspecified atom stereocenters. The Bertz CT molecular complexity index is 322. The number of rotatable bonds is 4. The van der Waals surface area contributed by atoms with Gasteiger partial charge in [0.15, 0.2) is 5.69 Å². The van der Waals surface area contributed by atoms with Crippen LogP contribution in [0.1, 0.15) is 30.3 Å². The van der Waals surface area contributed by atoms with Crippen LogP contribution in [-0.4, -0.2) is 22.2 Å². The largest absolute Gasteiger partial charge is 0.351 e. The van der Waals surface area contributed by atoms with Gasteiger partial charge >= 0.3 is 0 Å². The highest BCUT2D eigenvalue weighted by Crippen LogP contribution is 2.08. The first kappa shape index (κ1) is 11.5. The minimum absolute atomic E-state index is 0.0801. The minimum atomic E-state index is -0.0801. The summed E-state index contributed by atoms with van der Waals surface area (Å²) in [6.07, 6.45) is 3.92. The number of hydrogen-bond donors (Lipinski definition) is 1. The zero-order valence-corrected chi connectivity index (χ0v) is 10.5. The van der Waals surface area contributed by atoms with E-state index in [1.807, 2.05) is 13.2 Å². The van der Waals surface area contributed by atoms with E-state index in [1.165, 1.54) is 0 Å². The van der Waals surface area contributed by atoms with Crippen LogP contribution >= 0.6 is 22.6 Å². The van der Waals surface area contributed by atoms with Crippen LogP contribution in [0.15, 0.2) is 6.20 Å². The molecule has 5 heteroatoms. The third kappa shape index (κ3) is 2.97. The predicted octanol–water partition coefficient (Wildman–Crippen LogP) is 1.55. The fourth-order valence-electron chi connectivity index (χ4n) is 1.08. The van der Waals surface area contributed by atoms with E-state index < -0.39 is 0 Å². The van der Waals surface area contributed by atoms with Crippen molar-refractivity contribution in [3.05, 3.63) is 15.5 Å². The van der Waals surface area contributed by atoms with Crippen molar-refractivity contribution in [3.8, 4) is 0 Å². The molecule has 0 aliphatic carbocycles. The maximum Gasteiger partial charge on any atom is 0.272 e. The third-order valence-electron chi connectivity index (χ3n) is 1.82. The highest BCUT2D eigenvalue weighted by molar-refractivity contribution is 14.1. The zero-order chi connectivity index (χ0) is 10.6. The molecule has 0 fully saturated rings. The van der Waals surface area contributed by atoms with Crippen molar-refractivity contribution >= 4 is 28.5 Å². The molecule has 0 atom stereocenters. The number of halogens is 1. The smallest absolute Gasteiger partial charge is 0.272 e. The number of amides is 1. The Morgan fingerprint density at radius 2 is 2.43 bits per heavy atom. The van der Waals surface area contributed by atoms with Crippen molar-refractivity contribution in [2.75, 3.05) is 6.54 Å². The standard InChI is InChI=1S/C9H14IN3O/c1-3-4-5-11-9(14)8-7(10)6-13(2)12-8/h6H,3-5H2,1-2H3,(H,11,14). The van der Waals surface area contributed by atoms with E-state index in [4.69, 9.17) is 0 Å². The molecule has 1 N–H and O–H groups in total. The number of hydrogen-bond acceptors (Lipinski definition) is 2. The highest BCUT2D eigenvalue weighted by atomic mass is 127. The van der Waals surface area contributed by atoms with Crippen molar-refractivity contribution in [2.45, 2.75) is 19.8 Å². The Morgan fingerprint density at radius 1 is 1.71 bits per heavy atom. The predicted molar refractivity (Wildman–Crippen MR) is 63.2 cm³/mol. The Hall–Kier alpha value is -0.590. The summed E-state index contributed by atoms with van der Waals surface area (Å²) in [6.45, 7) is 2.82. The molecule has 0 radical (unpaired) electrons. The summed E-state index contributed by atoms with van der Waals surface area (Å²) < 4.78 is 2.54. The molecule has 0 aliphatic heterocycles. The van der Waals surface area contributed by atoms with Gasteiger partial charge in [0.2, 0.25) is 0 Å². The summed E-state index contributed by atoms with van der Waals surface area (Å²) >= 11 is 2.11. The van der Waals surface area contributed by atoms with Crippen LogP contribution in [0.5, 0.6) is 0 Å². The lowest BCUT2D eigenvalue weighted by molar-refractivity contribution is 0.0946. The second kappa shape index (κ2) is 5.33. The number of carbonyl (C=O) groups is 1. The van der Waals surface area contributed by atoms with Crippen molar-refractivity contribution < 1.29 is 4.79 Å². The molecule has 1 amide bonds. The van der Waals surface area contributed by atoms with Crippen molar-refractivity contribution in [3.63, 3.8) is 0 Å². The van der Waals surface area contributed by atoms with Crippen molar-refractivity contribution in [1.29, 1.82) is 0 Å². The number of nitrogens with one attached hydrogen (secondary N) is 1. The molecule has 4 nitrogen and oxygen atoms in total. The van der Waals surface area contributed by atoms with Crippen LogP contribution in [0.2, 0.25) is 0 Å². The molecule has 14 heavy (non-hydrogen) atoms. The van der Waals surface area contributed by atoms with Crippen LogP contribution < -0.4 is 5.32 Å². The van der Waals surface area contributed by atoms with Gasteiger partial charge in [-0.15, -0.1) is 0 Å². The van der Waals surface area contributed by atoms with Crippen molar-refractivity contribution in [1.82, 2.24) is 15.1 Å². The molecule has 78 valence electrons. The first-order valence-corrected chi connectivity index (χ1v) is 5.70. The molecule has 0 saturated heterocycles. The number of carbonyl (C=O) groups excluding carboxylic acids is 1. The van der Waals surface area contributed by atoms with Gasteiger partial charge in [-0.2, -0.15) is 5.10 Å². The van der Waals surface area contributed by atoms with Crippen LogP contribution in [0.25, 0.3) is 0 Å². The first-order valence-electron chi connectivity index (χ1n) is 4.62. The Kier molecular flexibility index (Phi) is 4.37. The van der Waals surface area contributed by atoms with Gasteiger partial charge in [-0.25, -0.2) is 0 Å². The van der Waals surface area contributed by atoms with Crippen LogP contribution in [0.3, 0.4) is 0 Å². The van der Waals surface area contributed by atoms with E-state index in [0.717, 1.165) is 23.0 Å². The Labute approximate surface area is 97.2 Å². The molecule has 0 bridgehead atoms. The molecular formula is C9H14IN3O. The average Bonchev–Trinajstić information content (AvgIpc) is 2.45. The summed E-state index contributed by atoms with van der Waals surface area (Å²) in [5.74, 6) is -0.0801. The highest BCUT2D eigenvalue weighted by Gasteiger charge is 2.12. The molecule has 1 rings (SSSR count). The Morgan fingerprint density at radius 3 is 2.93 bits per heavy atom. The summed E-state index contributed by atoms with van der Waals surface area (Å²) in [4.78, 5) is 11.6. The molecular weight excluding hydrogens is 293 g/mol. The number of aromatic nitrogens is 2. The van der Waals surface area contributed by atoms with Crippen LogP contribution in [0.4, 0.5) is 0 Å². The van der Waals surface area contributed by atoms with Gasteiger partial charge in [0.05, 0.1) is 3.57 Å². The quantitative estimate of drug-likeness (QED) is 0.678. The summed E-state index contributed by atoms with van der Waals surface area (Å²) in [5.41, 5.74) is 0.518. The summed E-state index contributed by atoms with van der Waals surface area (Å²) in [7, 11) is 1.81. The summed E-state index contributed by atoms with van der Waals surface area (Å²) in [5, 5.41) is 6.92. The monoisotopic (exact) mass is 307 g/mol. The number of unbranched alkanes of at least 4 members (excludes halogenated alkanes) is 1. The van der Waals surface area contributed by atoms with Gasteiger partial charge < -0.3 is 5.32 Å². The van der Waals surface area contributed by atoms with Gasteiger partial charge in [0, 0.05) is 19.8 Å². The van der Waals surface area contributed by atoms with Gasteiger partial charge in [-0.05, 0) is 29.0 Å². The topological polar surface area (TPSA) is 46.9 Å².